The summed E-state index contributed by atoms with van der Waals surface area (Å²) in [6.45, 7) is 0.631. The lowest BCUT2D eigenvalue weighted by molar-refractivity contribution is -0.121. The van der Waals surface area contributed by atoms with Gasteiger partial charge < -0.3 is 9.88 Å². The van der Waals surface area contributed by atoms with E-state index in [4.69, 9.17) is 11.6 Å². The maximum Gasteiger partial charge on any atom is 0.243 e. The van der Waals surface area contributed by atoms with E-state index in [1.54, 1.807) is 12.5 Å². The summed E-state index contributed by atoms with van der Waals surface area (Å²) in [6, 6.07) is 11.2. The third-order valence-corrected chi connectivity index (χ3v) is 6.58. The van der Waals surface area contributed by atoms with Gasteiger partial charge in [0.2, 0.25) is 15.9 Å². The number of benzene rings is 2. The lowest BCUT2D eigenvalue weighted by atomic mass is 10.2. The molecule has 164 valence electrons. The number of rotatable bonds is 10. The predicted octanol–water partition coefficient (Wildman–Crippen LogP) is 3.07. The summed E-state index contributed by atoms with van der Waals surface area (Å²) >= 11 is 5.86. The molecular weight excluding hydrogens is 443 g/mol. The van der Waals surface area contributed by atoms with Gasteiger partial charge in [0.25, 0.3) is 0 Å². The van der Waals surface area contributed by atoms with Crippen molar-refractivity contribution in [1.82, 2.24) is 19.2 Å². The molecule has 1 amide bonds. The maximum absolute atomic E-state index is 13.2. The predicted molar refractivity (Wildman–Crippen MR) is 115 cm³/mol. The molecule has 0 aliphatic heterocycles. The van der Waals surface area contributed by atoms with E-state index < -0.39 is 21.7 Å². The van der Waals surface area contributed by atoms with Crippen molar-refractivity contribution in [3.63, 3.8) is 0 Å². The summed E-state index contributed by atoms with van der Waals surface area (Å²) in [5.74, 6) is -0.850. The number of imidazole rings is 1. The van der Waals surface area contributed by atoms with E-state index in [0.29, 0.717) is 30.1 Å². The Kier molecular flexibility index (Phi) is 7.78. The van der Waals surface area contributed by atoms with Crippen molar-refractivity contribution in [3.8, 4) is 0 Å². The molecule has 3 aromatic rings. The molecule has 0 aliphatic rings. The monoisotopic (exact) mass is 464 g/mol. The number of nitrogens with zero attached hydrogens (tertiary/aromatic N) is 3. The van der Waals surface area contributed by atoms with E-state index in [9.17, 15) is 17.6 Å². The van der Waals surface area contributed by atoms with Gasteiger partial charge >= 0.3 is 0 Å². The quantitative estimate of drug-likeness (QED) is 0.467. The summed E-state index contributed by atoms with van der Waals surface area (Å²) in [5.41, 5.74) is 0.562. The van der Waals surface area contributed by atoms with Crippen molar-refractivity contribution in [1.29, 1.82) is 0 Å². The van der Waals surface area contributed by atoms with Gasteiger partial charge in [-0.15, -0.1) is 0 Å². The van der Waals surface area contributed by atoms with Gasteiger partial charge in [0.05, 0.1) is 17.8 Å². The molecule has 0 spiro atoms. The molecular formula is C21H22ClFN4O3S. The Morgan fingerprint density at radius 3 is 2.48 bits per heavy atom. The van der Waals surface area contributed by atoms with E-state index in [2.05, 4.69) is 10.3 Å². The van der Waals surface area contributed by atoms with Crippen LogP contribution in [0.3, 0.4) is 0 Å². The largest absolute Gasteiger partial charge is 0.355 e. The molecule has 0 radical (unpaired) electrons. The number of hydrogen-bond acceptors (Lipinski definition) is 4. The Bertz CT molecular complexity index is 1090. The highest BCUT2D eigenvalue weighted by Crippen LogP contribution is 2.20. The number of carbonyl (C=O) groups is 1. The minimum absolute atomic E-state index is 0.0203. The third kappa shape index (κ3) is 6.61. The molecule has 10 heteroatoms. The standard InChI is InChI=1S/C21H22ClFN4O3S/c22-18-4-8-20(9-5-18)31(29,30)27(14-17-2-6-19(23)7-3-17)15-21(28)25-10-1-12-26-13-11-24-16-26/h2-9,11,13,16H,1,10,12,14-15H2,(H,25,28). The van der Waals surface area contributed by atoms with E-state index in [-0.39, 0.29) is 18.0 Å². The van der Waals surface area contributed by atoms with Crippen molar-refractivity contribution in [2.75, 3.05) is 13.1 Å². The normalized spacial score (nSPS) is 11.6. The lowest BCUT2D eigenvalue weighted by Crippen LogP contribution is -2.40. The highest BCUT2D eigenvalue weighted by Gasteiger charge is 2.27. The number of halogens is 2. The highest BCUT2D eigenvalue weighted by molar-refractivity contribution is 7.89. The number of amides is 1. The Morgan fingerprint density at radius 1 is 1.13 bits per heavy atom. The molecule has 0 saturated carbocycles. The average Bonchev–Trinajstić information content (AvgIpc) is 3.26. The van der Waals surface area contributed by atoms with Crippen LogP contribution in [0.15, 0.2) is 72.1 Å². The summed E-state index contributed by atoms with van der Waals surface area (Å²) in [7, 11) is -3.98. The zero-order valence-corrected chi connectivity index (χ0v) is 18.2. The zero-order chi connectivity index (χ0) is 22.3. The van der Waals surface area contributed by atoms with E-state index >= 15 is 0 Å². The molecule has 7 nitrogen and oxygen atoms in total. The van der Waals surface area contributed by atoms with E-state index in [1.807, 2.05) is 10.8 Å². The fourth-order valence-corrected chi connectivity index (χ4v) is 4.41. The second-order valence-corrected chi connectivity index (χ2v) is 9.23. The molecule has 1 N–H and O–H groups in total. The maximum atomic E-state index is 13.2. The molecule has 0 atom stereocenters. The van der Waals surface area contributed by atoms with Crippen LogP contribution >= 0.6 is 11.6 Å². The number of carbonyl (C=O) groups excluding carboxylic acids is 1. The van der Waals surface area contributed by atoms with Crippen LogP contribution in [0.1, 0.15) is 12.0 Å². The summed E-state index contributed by atoms with van der Waals surface area (Å²) in [6.07, 6.45) is 5.85. The number of sulfonamides is 1. The van der Waals surface area contributed by atoms with Crippen LogP contribution in [0.2, 0.25) is 5.02 Å². The molecule has 0 fully saturated rings. The van der Waals surface area contributed by atoms with Crippen LogP contribution in [-0.4, -0.2) is 41.3 Å². The number of nitrogens with one attached hydrogen (secondary N) is 1. The van der Waals surface area contributed by atoms with Gasteiger partial charge in [-0.3, -0.25) is 4.79 Å². The van der Waals surface area contributed by atoms with Crippen LogP contribution < -0.4 is 5.32 Å². The van der Waals surface area contributed by atoms with Crippen LogP contribution in [0, 0.1) is 5.82 Å². The molecule has 1 aromatic heterocycles. The number of hydrogen-bond donors (Lipinski definition) is 1. The molecule has 3 rings (SSSR count). The van der Waals surface area contributed by atoms with Gasteiger partial charge in [-0.25, -0.2) is 17.8 Å². The molecule has 0 aliphatic carbocycles. The minimum Gasteiger partial charge on any atom is -0.355 e. The van der Waals surface area contributed by atoms with Crippen molar-refractivity contribution >= 4 is 27.5 Å². The van der Waals surface area contributed by atoms with Crippen molar-refractivity contribution in [2.45, 2.75) is 24.4 Å². The van der Waals surface area contributed by atoms with Crippen molar-refractivity contribution < 1.29 is 17.6 Å². The summed E-state index contributed by atoms with van der Waals surface area (Å²) < 4.78 is 42.5. The van der Waals surface area contributed by atoms with Gasteiger partial charge in [0, 0.05) is 37.1 Å². The Hall–Kier alpha value is -2.75. The van der Waals surface area contributed by atoms with Crippen LogP contribution in [-0.2, 0) is 27.9 Å². The molecule has 1 heterocycles. The number of aromatic nitrogens is 2. The fourth-order valence-electron chi connectivity index (χ4n) is 2.90. The van der Waals surface area contributed by atoms with Gasteiger partial charge in [-0.2, -0.15) is 4.31 Å². The minimum atomic E-state index is -3.98. The van der Waals surface area contributed by atoms with Gasteiger partial charge in [-0.1, -0.05) is 23.7 Å². The van der Waals surface area contributed by atoms with Gasteiger partial charge in [0.15, 0.2) is 0 Å². The Balaban J connectivity index is 1.69. The fraction of sp³-hybridized carbons (Fsp3) is 0.238. The highest BCUT2D eigenvalue weighted by atomic mass is 35.5. The number of aryl methyl sites for hydroxylation is 1. The Labute approximate surface area is 185 Å². The van der Waals surface area contributed by atoms with Crippen LogP contribution in [0.25, 0.3) is 0 Å². The van der Waals surface area contributed by atoms with Crippen molar-refractivity contribution in [3.05, 3.63) is 83.7 Å². The second-order valence-electron chi connectivity index (χ2n) is 6.86. The summed E-state index contributed by atoms with van der Waals surface area (Å²) in [4.78, 5) is 16.4. The summed E-state index contributed by atoms with van der Waals surface area (Å²) in [5, 5.41) is 3.15. The zero-order valence-electron chi connectivity index (χ0n) is 16.6. The average molecular weight is 465 g/mol. The SMILES string of the molecule is O=C(CN(Cc1ccc(F)cc1)S(=O)(=O)c1ccc(Cl)cc1)NCCCn1ccnc1. The van der Waals surface area contributed by atoms with Gasteiger partial charge in [0.1, 0.15) is 5.82 Å². The van der Waals surface area contributed by atoms with Crippen LogP contribution in [0.5, 0.6) is 0 Å². The Morgan fingerprint density at radius 2 is 1.84 bits per heavy atom. The van der Waals surface area contributed by atoms with Crippen molar-refractivity contribution in [2.24, 2.45) is 0 Å². The molecule has 31 heavy (non-hydrogen) atoms. The smallest absolute Gasteiger partial charge is 0.243 e. The molecule has 0 saturated heterocycles. The molecule has 2 aromatic carbocycles. The second kappa shape index (κ2) is 10.5. The van der Waals surface area contributed by atoms with E-state index in [1.165, 1.54) is 48.5 Å². The van der Waals surface area contributed by atoms with E-state index in [0.717, 1.165) is 4.31 Å². The van der Waals surface area contributed by atoms with Crippen LogP contribution in [0.4, 0.5) is 4.39 Å². The first kappa shape index (κ1) is 22.9. The lowest BCUT2D eigenvalue weighted by Gasteiger charge is -2.22. The first-order valence-corrected chi connectivity index (χ1v) is 11.4. The van der Waals surface area contributed by atoms with Gasteiger partial charge in [-0.05, 0) is 48.4 Å². The first-order chi connectivity index (χ1) is 14.8. The molecule has 0 bridgehead atoms. The first-order valence-electron chi connectivity index (χ1n) is 9.57. The third-order valence-electron chi connectivity index (χ3n) is 4.52. The topological polar surface area (TPSA) is 84.3 Å². The molecule has 0 unspecified atom stereocenters.